The molecule has 0 aliphatic heterocycles. The van der Waals surface area contributed by atoms with Crippen molar-refractivity contribution in [3.63, 3.8) is 0 Å². The van der Waals surface area contributed by atoms with Crippen LogP contribution in [-0.4, -0.2) is 23.6 Å². The van der Waals surface area contributed by atoms with E-state index in [1.165, 1.54) is 0 Å². The van der Waals surface area contributed by atoms with E-state index in [-0.39, 0.29) is 5.56 Å². The van der Waals surface area contributed by atoms with E-state index in [9.17, 15) is 4.79 Å². The Morgan fingerprint density at radius 2 is 1.75 bits per heavy atom. The Morgan fingerprint density at radius 3 is 2.47 bits per heavy atom. The number of nitrogens with two attached hydrogens (primary N) is 1. The number of nitrogens with zero attached hydrogens (tertiary/aromatic N) is 3. The number of anilines is 1. The molecule has 0 atom stereocenters. The smallest absolute Gasteiger partial charge is 0.261 e. The zero-order valence-electron chi connectivity index (χ0n) is 18.1. The van der Waals surface area contributed by atoms with Gasteiger partial charge in [-0.2, -0.15) is 0 Å². The van der Waals surface area contributed by atoms with E-state index in [1.807, 2.05) is 62.6 Å². The molecule has 0 saturated carbocycles. The SMILES string of the molecule is CN(C)c1ccc(/C=C/c2nc3cc(Cl)ccc3c(=O)n2Cc2cccc(CN)c2)cc1. The van der Waals surface area contributed by atoms with Crippen LogP contribution in [0.2, 0.25) is 5.02 Å². The van der Waals surface area contributed by atoms with E-state index < -0.39 is 0 Å². The minimum absolute atomic E-state index is 0.104. The van der Waals surface area contributed by atoms with Crippen LogP contribution in [0.4, 0.5) is 5.69 Å². The fourth-order valence-corrected chi connectivity index (χ4v) is 3.75. The van der Waals surface area contributed by atoms with Crippen LogP contribution in [0.25, 0.3) is 23.1 Å². The maximum absolute atomic E-state index is 13.4. The van der Waals surface area contributed by atoms with E-state index >= 15 is 0 Å². The van der Waals surface area contributed by atoms with Crippen LogP contribution in [0, 0.1) is 0 Å². The Bertz CT molecular complexity index is 1340. The molecule has 2 N–H and O–H groups in total. The van der Waals surface area contributed by atoms with Gasteiger partial charge in [-0.05, 0) is 53.1 Å². The van der Waals surface area contributed by atoms with Crippen molar-refractivity contribution in [2.24, 2.45) is 5.73 Å². The zero-order valence-corrected chi connectivity index (χ0v) is 18.9. The number of hydrogen-bond donors (Lipinski definition) is 1. The second-order valence-corrected chi connectivity index (χ2v) is 8.30. The number of halogens is 1. The molecule has 0 aliphatic carbocycles. The molecular formula is C26H25ClN4O. The highest BCUT2D eigenvalue weighted by Crippen LogP contribution is 2.18. The number of hydrogen-bond acceptors (Lipinski definition) is 4. The van der Waals surface area contributed by atoms with Crippen LogP contribution in [-0.2, 0) is 13.1 Å². The topological polar surface area (TPSA) is 64.2 Å². The lowest BCUT2D eigenvalue weighted by molar-refractivity contribution is 0.737. The Hall–Kier alpha value is -3.41. The molecule has 0 spiro atoms. The van der Waals surface area contributed by atoms with Crippen molar-refractivity contribution in [3.05, 3.63) is 105 Å². The Morgan fingerprint density at radius 1 is 1.00 bits per heavy atom. The molecule has 162 valence electrons. The summed E-state index contributed by atoms with van der Waals surface area (Å²) in [5, 5.41) is 1.09. The highest BCUT2D eigenvalue weighted by Gasteiger charge is 2.11. The third-order valence-electron chi connectivity index (χ3n) is 5.35. The summed E-state index contributed by atoms with van der Waals surface area (Å²) in [5.74, 6) is 0.569. The predicted molar refractivity (Wildman–Crippen MR) is 134 cm³/mol. The van der Waals surface area contributed by atoms with Crippen molar-refractivity contribution >= 4 is 40.3 Å². The molecular weight excluding hydrogens is 420 g/mol. The lowest BCUT2D eigenvalue weighted by atomic mass is 10.1. The van der Waals surface area contributed by atoms with Gasteiger partial charge in [0.05, 0.1) is 17.4 Å². The second-order valence-electron chi connectivity index (χ2n) is 7.87. The quantitative estimate of drug-likeness (QED) is 0.464. The predicted octanol–water partition coefficient (Wildman–Crippen LogP) is 4.79. The van der Waals surface area contributed by atoms with Gasteiger partial charge in [0.2, 0.25) is 0 Å². The summed E-state index contributed by atoms with van der Waals surface area (Å²) in [6.07, 6.45) is 3.84. The minimum Gasteiger partial charge on any atom is -0.378 e. The molecule has 0 bridgehead atoms. The molecule has 0 saturated heterocycles. The standard InChI is InChI=1S/C26H25ClN4O/c1-30(2)22-10-6-18(7-11-22)8-13-25-29-24-15-21(27)9-12-23(24)26(32)31(25)17-20-5-3-4-19(14-20)16-28/h3-15H,16-17,28H2,1-2H3/b13-8+. The van der Waals surface area contributed by atoms with Gasteiger partial charge in [0.25, 0.3) is 5.56 Å². The average Bonchev–Trinajstić information content (AvgIpc) is 2.80. The van der Waals surface area contributed by atoms with Crippen molar-refractivity contribution in [2.75, 3.05) is 19.0 Å². The van der Waals surface area contributed by atoms with Crippen molar-refractivity contribution in [1.82, 2.24) is 9.55 Å². The van der Waals surface area contributed by atoms with Gasteiger partial charge < -0.3 is 10.6 Å². The van der Waals surface area contributed by atoms with Crippen LogP contribution in [0.15, 0.2) is 71.5 Å². The van der Waals surface area contributed by atoms with Crippen LogP contribution in [0.5, 0.6) is 0 Å². The second kappa shape index (κ2) is 9.39. The van der Waals surface area contributed by atoms with Crippen molar-refractivity contribution in [2.45, 2.75) is 13.1 Å². The molecule has 0 fully saturated rings. The molecule has 5 nitrogen and oxygen atoms in total. The van der Waals surface area contributed by atoms with E-state index in [0.717, 1.165) is 22.4 Å². The Balaban J connectivity index is 1.79. The van der Waals surface area contributed by atoms with Crippen molar-refractivity contribution < 1.29 is 0 Å². The summed E-state index contributed by atoms with van der Waals surface area (Å²) in [7, 11) is 4.01. The van der Waals surface area contributed by atoms with Gasteiger partial charge in [-0.3, -0.25) is 9.36 Å². The van der Waals surface area contributed by atoms with Gasteiger partial charge in [-0.25, -0.2) is 4.98 Å². The molecule has 0 aliphatic rings. The molecule has 0 radical (unpaired) electrons. The summed E-state index contributed by atoms with van der Waals surface area (Å²) >= 11 is 6.16. The van der Waals surface area contributed by atoms with Gasteiger partial charge in [0.15, 0.2) is 0 Å². The van der Waals surface area contributed by atoms with E-state index in [4.69, 9.17) is 22.3 Å². The molecule has 1 aromatic heterocycles. The van der Waals surface area contributed by atoms with Crippen molar-refractivity contribution in [3.8, 4) is 0 Å². The van der Waals surface area contributed by atoms with E-state index in [2.05, 4.69) is 17.0 Å². The molecule has 32 heavy (non-hydrogen) atoms. The minimum atomic E-state index is -0.104. The Kier molecular flexibility index (Phi) is 6.40. The van der Waals surface area contributed by atoms with E-state index in [1.54, 1.807) is 22.8 Å². The number of benzene rings is 3. The lowest BCUT2D eigenvalue weighted by Gasteiger charge is -2.13. The number of aromatic nitrogens is 2. The summed E-state index contributed by atoms with van der Waals surface area (Å²) in [6.45, 7) is 0.852. The summed E-state index contributed by atoms with van der Waals surface area (Å²) in [5.41, 5.74) is 10.4. The van der Waals surface area contributed by atoms with Gasteiger partial charge in [-0.1, -0.05) is 54.1 Å². The largest absolute Gasteiger partial charge is 0.378 e. The number of fused-ring (bicyclic) bond motifs is 1. The normalized spacial score (nSPS) is 11.4. The summed E-state index contributed by atoms with van der Waals surface area (Å²) in [4.78, 5) is 20.2. The third kappa shape index (κ3) is 4.74. The number of rotatable bonds is 6. The Labute approximate surface area is 192 Å². The van der Waals surface area contributed by atoms with Crippen molar-refractivity contribution in [1.29, 1.82) is 0 Å². The molecule has 3 aromatic carbocycles. The van der Waals surface area contributed by atoms with E-state index in [0.29, 0.717) is 34.8 Å². The molecule has 1 heterocycles. The first-order valence-corrected chi connectivity index (χ1v) is 10.8. The molecule has 4 rings (SSSR count). The van der Waals surface area contributed by atoms with Gasteiger partial charge in [-0.15, -0.1) is 0 Å². The fourth-order valence-electron chi connectivity index (χ4n) is 3.58. The first kappa shape index (κ1) is 21.8. The third-order valence-corrected chi connectivity index (χ3v) is 5.58. The van der Waals surface area contributed by atoms with Crippen LogP contribution in [0.1, 0.15) is 22.5 Å². The lowest BCUT2D eigenvalue weighted by Crippen LogP contribution is -2.24. The highest BCUT2D eigenvalue weighted by atomic mass is 35.5. The molecule has 4 aromatic rings. The fraction of sp³-hybridized carbons (Fsp3) is 0.154. The van der Waals surface area contributed by atoms with Gasteiger partial charge in [0, 0.05) is 31.4 Å². The maximum Gasteiger partial charge on any atom is 0.261 e. The highest BCUT2D eigenvalue weighted by molar-refractivity contribution is 6.31. The van der Waals surface area contributed by atoms with Crippen LogP contribution < -0.4 is 16.2 Å². The zero-order chi connectivity index (χ0) is 22.7. The monoisotopic (exact) mass is 444 g/mol. The first-order valence-electron chi connectivity index (χ1n) is 10.4. The first-order chi connectivity index (χ1) is 15.4. The molecule has 0 unspecified atom stereocenters. The molecule has 6 heteroatoms. The van der Waals surface area contributed by atoms with Crippen LogP contribution in [0.3, 0.4) is 0 Å². The van der Waals surface area contributed by atoms with Gasteiger partial charge in [0.1, 0.15) is 5.82 Å². The average molecular weight is 445 g/mol. The van der Waals surface area contributed by atoms with Crippen LogP contribution >= 0.6 is 11.6 Å². The van der Waals surface area contributed by atoms with Gasteiger partial charge >= 0.3 is 0 Å². The molecule has 0 amide bonds. The summed E-state index contributed by atoms with van der Waals surface area (Å²) < 4.78 is 1.69. The maximum atomic E-state index is 13.4. The summed E-state index contributed by atoms with van der Waals surface area (Å²) in [6, 6.07) is 21.3.